The number of hydrogen-bond acceptors (Lipinski definition) is 2. The Hall–Kier alpha value is 0.210. The van der Waals surface area contributed by atoms with Crippen molar-refractivity contribution in [2.24, 2.45) is 0 Å². The van der Waals surface area contributed by atoms with E-state index in [0.29, 0.717) is 0 Å². The van der Waals surface area contributed by atoms with Crippen LogP contribution in [0.25, 0.3) is 0 Å². The van der Waals surface area contributed by atoms with Crippen LogP contribution in [0.5, 0.6) is 0 Å². The summed E-state index contributed by atoms with van der Waals surface area (Å²) < 4.78 is 2.50. The Kier molecular flexibility index (Phi) is 5.39. The molecule has 0 aromatic carbocycles. The topological polar surface area (TPSA) is 29.5 Å². The first-order valence-corrected chi connectivity index (χ1v) is 2.34. The molecule has 0 fully saturated rings. The average Bonchev–Trinajstić information content (AvgIpc) is 1.61. The van der Waals surface area contributed by atoms with E-state index < -0.39 is 0 Å². The summed E-state index contributed by atoms with van der Waals surface area (Å²) in [6.45, 7) is 0.100. The van der Waals surface area contributed by atoms with Crippen molar-refractivity contribution >= 4 is 22.6 Å². The summed E-state index contributed by atoms with van der Waals surface area (Å²) in [5, 5.41) is 7.59. The van der Waals surface area contributed by atoms with Crippen LogP contribution >= 0.6 is 22.6 Å². The Morgan fingerprint density at radius 3 is 2.67 bits per heavy atom. The van der Waals surface area contributed by atoms with E-state index in [1.165, 1.54) is 0 Å². The molecule has 0 radical (unpaired) electrons. The SMILES string of the molecule is OOCC#CI. The molecule has 1 N–H and O–H groups in total. The van der Waals surface area contributed by atoms with E-state index in [1.54, 1.807) is 0 Å². The van der Waals surface area contributed by atoms with E-state index in [0.717, 1.165) is 0 Å². The van der Waals surface area contributed by atoms with Gasteiger partial charge in [0.15, 0.2) is 0 Å². The normalized spacial score (nSPS) is 6.33. The van der Waals surface area contributed by atoms with E-state index in [-0.39, 0.29) is 6.61 Å². The second kappa shape index (κ2) is 5.21. The van der Waals surface area contributed by atoms with Crippen LogP contribution in [0.15, 0.2) is 0 Å². The summed E-state index contributed by atoms with van der Waals surface area (Å²) >= 11 is 1.86. The van der Waals surface area contributed by atoms with Gasteiger partial charge in [0.2, 0.25) is 0 Å². The molecule has 0 aromatic rings. The van der Waals surface area contributed by atoms with Crippen LogP contribution in [0.1, 0.15) is 0 Å². The summed E-state index contributed by atoms with van der Waals surface area (Å²) in [6.07, 6.45) is 0. The van der Waals surface area contributed by atoms with E-state index in [1.807, 2.05) is 22.6 Å². The summed E-state index contributed by atoms with van der Waals surface area (Å²) in [6, 6.07) is 0. The van der Waals surface area contributed by atoms with Crippen molar-refractivity contribution < 1.29 is 10.1 Å². The largest absolute Gasteiger partial charge is 0.251 e. The fourth-order valence-electron chi connectivity index (χ4n) is 0.0596. The zero-order valence-electron chi connectivity index (χ0n) is 2.94. The fraction of sp³-hybridized carbons (Fsp3) is 0.333. The predicted molar refractivity (Wildman–Crippen MR) is 30.4 cm³/mol. The number of rotatable bonds is 1. The van der Waals surface area contributed by atoms with Crippen molar-refractivity contribution in [3.05, 3.63) is 0 Å². The van der Waals surface area contributed by atoms with Crippen LogP contribution in [0.2, 0.25) is 0 Å². The summed E-state index contributed by atoms with van der Waals surface area (Å²) in [7, 11) is 0. The molecule has 0 aliphatic heterocycles. The minimum atomic E-state index is 0.100. The molecule has 2 nitrogen and oxygen atoms in total. The summed E-state index contributed by atoms with van der Waals surface area (Å²) in [4.78, 5) is 3.60. The van der Waals surface area contributed by atoms with Crippen molar-refractivity contribution in [2.45, 2.75) is 0 Å². The van der Waals surface area contributed by atoms with Crippen molar-refractivity contribution in [1.29, 1.82) is 0 Å². The lowest BCUT2D eigenvalue weighted by atomic mass is 10.8. The number of halogens is 1. The lowest BCUT2D eigenvalue weighted by molar-refractivity contribution is -0.229. The maximum Gasteiger partial charge on any atom is 0.143 e. The molecule has 0 saturated carbocycles. The summed E-state index contributed by atoms with van der Waals surface area (Å²) in [5.74, 6) is 2.46. The van der Waals surface area contributed by atoms with Gasteiger partial charge in [0.05, 0.1) is 0 Å². The molecule has 0 atom stereocenters. The van der Waals surface area contributed by atoms with Crippen LogP contribution in [-0.2, 0) is 4.89 Å². The van der Waals surface area contributed by atoms with Gasteiger partial charge in [-0.05, 0) is 3.93 Å². The first kappa shape index (κ1) is 6.21. The molecular weight excluding hydrogens is 195 g/mol. The minimum absolute atomic E-state index is 0.100. The van der Waals surface area contributed by atoms with Gasteiger partial charge in [0, 0.05) is 22.6 Å². The van der Waals surface area contributed by atoms with Crippen LogP contribution in [0.4, 0.5) is 0 Å². The highest BCUT2D eigenvalue weighted by Gasteiger charge is 1.63. The van der Waals surface area contributed by atoms with Crippen molar-refractivity contribution in [3.63, 3.8) is 0 Å². The Morgan fingerprint density at radius 1 is 1.83 bits per heavy atom. The number of hydrogen-bond donors (Lipinski definition) is 1. The Labute approximate surface area is 49.6 Å². The zero-order valence-corrected chi connectivity index (χ0v) is 5.10. The molecule has 0 rings (SSSR count). The molecule has 34 valence electrons. The quantitative estimate of drug-likeness (QED) is 0.293. The molecule has 0 unspecified atom stereocenters. The van der Waals surface area contributed by atoms with Crippen molar-refractivity contribution in [3.8, 4) is 9.85 Å². The Balaban J connectivity index is 2.79. The van der Waals surface area contributed by atoms with Crippen molar-refractivity contribution in [2.75, 3.05) is 6.61 Å². The molecule has 3 heteroatoms. The maximum atomic E-state index is 7.59. The second-order valence-electron chi connectivity index (χ2n) is 0.545. The van der Waals surface area contributed by atoms with Gasteiger partial charge < -0.3 is 0 Å². The van der Waals surface area contributed by atoms with Gasteiger partial charge in [-0.2, -0.15) is 0 Å². The van der Waals surface area contributed by atoms with Crippen molar-refractivity contribution in [1.82, 2.24) is 0 Å². The smallest absolute Gasteiger partial charge is 0.143 e. The second-order valence-corrected chi connectivity index (χ2v) is 1.08. The van der Waals surface area contributed by atoms with Crippen LogP contribution in [0, 0.1) is 9.85 Å². The monoisotopic (exact) mass is 198 g/mol. The van der Waals surface area contributed by atoms with E-state index in [4.69, 9.17) is 5.26 Å². The highest BCUT2D eigenvalue weighted by molar-refractivity contribution is 14.1. The highest BCUT2D eigenvalue weighted by Crippen LogP contribution is 1.69. The van der Waals surface area contributed by atoms with Gasteiger partial charge in [0.1, 0.15) is 6.61 Å². The molecule has 0 bridgehead atoms. The van der Waals surface area contributed by atoms with Gasteiger partial charge >= 0.3 is 0 Å². The molecule has 0 amide bonds. The van der Waals surface area contributed by atoms with Gasteiger partial charge in [-0.15, -0.1) is 0 Å². The molecule has 0 saturated heterocycles. The molecule has 0 heterocycles. The summed E-state index contributed by atoms with van der Waals surface area (Å²) in [5.41, 5.74) is 0. The van der Waals surface area contributed by atoms with E-state index >= 15 is 0 Å². The molecule has 6 heavy (non-hydrogen) atoms. The standard InChI is InChI=1S/C3H3IO2/c4-2-1-3-6-5/h5H,3H2. The molecule has 0 spiro atoms. The van der Waals surface area contributed by atoms with Crippen LogP contribution in [0.3, 0.4) is 0 Å². The van der Waals surface area contributed by atoms with Crippen LogP contribution < -0.4 is 0 Å². The lowest BCUT2D eigenvalue weighted by Crippen LogP contribution is -1.79. The highest BCUT2D eigenvalue weighted by atomic mass is 127. The van der Waals surface area contributed by atoms with Crippen LogP contribution in [-0.4, -0.2) is 11.9 Å². The molecular formula is C3H3IO2. The fourth-order valence-corrected chi connectivity index (χ4v) is 0.215. The van der Waals surface area contributed by atoms with E-state index in [9.17, 15) is 0 Å². The third-order valence-corrected chi connectivity index (χ3v) is 0.585. The molecule has 0 aliphatic rings. The maximum absolute atomic E-state index is 7.59. The first-order valence-electron chi connectivity index (χ1n) is 1.26. The molecule has 0 aromatic heterocycles. The van der Waals surface area contributed by atoms with Gasteiger partial charge in [-0.25, -0.2) is 4.89 Å². The van der Waals surface area contributed by atoms with Gasteiger partial charge in [0.25, 0.3) is 0 Å². The van der Waals surface area contributed by atoms with E-state index in [2.05, 4.69) is 14.7 Å². The third kappa shape index (κ3) is 4.21. The Bertz CT molecular complexity index is 70.6. The van der Waals surface area contributed by atoms with Gasteiger partial charge in [-0.1, -0.05) is 5.92 Å². The minimum Gasteiger partial charge on any atom is -0.251 e. The average molecular weight is 198 g/mol. The Morgan fingerprint density at radius 2 is 2.50 bits per heavy atom. The van der Waals surface area contributed by atoms with Gasteiger partial charge in [-0.3, -0.25) is 5.26 Å². The third-order valence-electron chi connectivity index (χ3n) is 0.204. The zero-order chi connectivity index (χ0) is 4.83. The molecule has 0 aliphatic carbocycles. The lowest BCUT2D eigenvalue weighted by Gasteiger charge is -1.75. The predicted octanol–water partition coefficient (Wildman–Crippen LogP) is 0.872. The first-order chi connectivity index (χ1) is 2.91.